The van der Waals surface area contributed by atoms with Gasteiger partial charge in [-0.2, -0.15) is 0 Å². The number of ether oxygens (including phenoxy) is 2. The molecular weight excluding hydrogens is 252 g/mol. The molecule has 1 aromatic rings. The molecule has 0 aliphatic rings. The summed E-state index contributed by atoms with van der Waals surface area (Å²) in [6, 6.07) is 7.52. The highest BCUT2D eigenvalue weighted by Crippen LogP contribution is 2.18. The molecule has 0 amide bonds. The molecule has 0 bridgehead atoms. The van der Waals surface area contributed by atoms with Gasteiger partial charge in [-0.15, -0.1) is 11.8 Å². The predicted molar refractivity (Wildman–Crippen MR) is 70.9 cm³/mol. The fourth-order valence-electron chi connectivity index (χ4n) is 1.15. The molecule has 0 aliphatic heterocycles. The average Bonchev–Trinajstić information content (AvgIpc) is 2.42. The molecule has 0 spiro atoms. The van der Waals surface area contributed by atoms with Crippen LogP contribution in [0.15, 0.2) is 41.8 Å². The standard InChI is InChI=1S/C13H16O4S/c1-3-13(15)17-9-10(14)8-16-11-4-6-12(18-2)7-5-11/h3-7,10,14H,1,8-9H2,2H3. The minimum atomic E-state index is -0.853. The summed E-state index contributed by atoms with van der Waals surface area (Å²) < 4.78 is 10.0. The zero-order valence-electron chi connectivity index (χ0n) is 10.2. The minimum Gasteiger partial charge on any atom is -0.491 e. The second kappa shape index (κ2) is 7.79. The molecule has 1 atom stereocenters. The molecule has 5 heteroatoms. The molecule has 0 saturated carbocycles. The zero-order valence-corrected chi connectivity index (χ0v) is 11.0. The van der Waals surface area contributed by atoms with Gasteiger partial charge in [-0.1, -0.05) is 6.58 Å². The molecule has 0 saturated heterocycles. The van der Waals surface area contributed by atoms with Gasteiger partial charge in [0.15, 0.2) is 0 Å². The fourth-order valence-corrected chi connectivity index (χ4v) is 1.56. The molecule has 1 N–H and O–H groups in total. The van der Waals surface area contributed by atoms with Crippen molar-refractivity contribution in [1.29, 1.82) is 0 Å². The number of rotatable bonds is 7. The molecule has 0 heterocycles. The van der Waals surface area contributed by atoms with Crippen molar-refractivity contribution in [1.82, 2.24) is 0 Å². The number of carbonyl (C=O) groups excluding carboxylic acids is 1. The van der Waals surface area contributed by atoms with Crippen molar-refractivity contribution in [2.24, 2.45) is 0 Å². The van der Waals surface area contributed by atoms with Crippen molar-refractivity contribution in [2.75, 3.05) is 19.5 Å². The summed E-state index contributed by atoms with van der Waals surface area (Å²) >= 11 is 1.64. The molecule has 18 heavy (non-hydrogen) atoms. The number of esters is 1. The van der Waals surface area contributed by atoms with E-state index >= 15 is 0 Å². The van der Waals surface area contributed by atoms with Crippen LogP contribution in [0.5, 0.6) is 5.75 Å². The van der Waals surface area contributed by atoms with Crippen LogP contribution < -0.4 is 4.74 Å². The van der Waals surface area contributed by atoms with E-state index in [1.54, 1.807) is 11.8 Å². The van der Waals surface area contributed by atoms with Gasteiger partial charge in [0.1, 0.15) is 25.1 Å². The van der Waals surface area contributed by atoms with Gasteiger partial charge >= 0.3 is 5.97 Å². The van der Waals surface area contributed by atoms with Crippen LogP contribution in [0, 0.1) is 0 Å². The maximum absolute atomic E-state index is 10.8. The monoisotopic (exact) mass is 268 g/mol. The first-order valence-electron chi connectivity index (χ1n) is 5.40. The van der Waals surface area contributed by atoms with Crippen LogP contribution in [0.2, 0.25) is 0 Å². The lowest BCUT2D eigenvalue weighted by atomic mass is 10.3. The first kappa shape index (κ1) is 14.6. The Morgan fingerprint density at radius 2 is 2.11 bits per heavy atom. The highest BCUT2D eigenvalue weighted by Gasteiger charge is 2.07. The zero-order chi connectivity index (χ0) is 13.4. The molecule has 0 fully saturated rings. The van der Waals surface area contributed by atoms with Gasteiger partial charge in [0.05, 0.1) is 0 Å². The van der Waals surface area contributed by atoms with E-state index in [9.17, 15) is 9.90 Å². The number of benzene rings is 1. The summed E-state index contributed by atoms with van der Waals surface area (Å²) in [4.78, 5) is 11.9. The molecule has 0 aliphatic carbocycles. The van der Waals surface area contributed by atoms with E-state index < -0.39 is 12.1 Å². The summed E-state index contributed by atoms with van der Waals surface area (Å²) in [5.41, 5.74) is 0. The topological polar surface area (TPSA) is 55.8 Å². The lowest BCUT2D eigenvalue weighted by Crippen LogP contribution is -2.24. The lowest BCUT2D eigenvalue weighted by molar-refractivity contribution is -0.141. The van der Waals surface area contributed by atoms with E-state index in [2.05, 4.69) is 11.3 Å². The highest BCUT2D eigenvalue weighted by atomic mass is 32.2. The van der Waals surface area contributed by atoms with E-state index in [0.717, 1.165) is 11.0 Å². The van der Waals surface area contributed by atoms with Crippen molar-refractivity contribution >= 4 is 17.7 Å². The predicted octanol–water partition coefficient (Wildman–Crippen LogP) is 1.88. The van der Waals surface area contributed by atoms with Gasteiger partial charge in [0, 0.05) is 11.0 Å². The maximum Gasteiger partial charge on any atom is 0.330 e. The Bertz CT molecular complexity index is 388. The Balaban J connectivity index is 2.30. The third kappa shape index (κ3) is 5.25. The van der Waals surface area contributed by atoms with Gasteiger partial charge in [0.25, 0.3) is 0 Å². The Morgan fingerprint density at radius 1 is 1.44 bits per heavy atom. The quantitative estimate of drug-likeness (QED) is 0.465. The number of hydrogen-bond donors (Lipinski definition) is 1. The first-order chi connectivity index (χ1) is 8.65. The Labute approximate surface area is 111 Å². The van der Waals surface area contributed by atoms with Crippen LogP contribution in [0.4, 0.5) is 0 Å². The van der Waals surface area contributed by atoms with Gasteiger partial charge in [0.2, 0.25) is 0 Å². The number of carbonyl (C=O) groups is 1. The van der Waals surface area contributed by atoms with Crippen molar-refractivity contribution in [3.63, 3.8) is 0 Å². The summed E-state index contributed by atoms with van der Waals surface area (Å²) in [6.07, 6.45) is 2.19. The number of aliphatic hydroxyl groups excluding tert-OH is 1. The van der Waals surface area contributed by atoms with E-state index in [1.807, 2.05) is 30.5 Å². The van der Waals surface area contributed by atoms with Crippen LogP contribution in [0.3, 0.4) is 0 Å². The smallest absolute Gasteiger partial charge is 0.330 e. The summed E-state index contributed by atoms with van der Waals surface area (Å²) in [5.74, 6) is 0.111. The van der Waals surface area contributed by atoms with Crippen molar-refractivity contribution in [2.45, 2.75) is 11.0 Å². The van der Waals surface area contributed by atoms with Crippen LogP contribution in [-0.2, 0) is 9.53 Å². The average molecular weight is 268 g/mol. The molecule has 1 unspecified atom stereocenters. The molecule has 1 aromatic carbocycles. The van der Waals surface area contributed by atoms with Crippen LogP contribution in [-0.4, -0.2) is 36.6 Å². The van der Waals surface area contributed by atoms with Gasteiger partial charge < -0.3 is 14.6 Å². The van der Waals surface area contributed by atoms with Crippen molar-refractivity contribution in [3.05, 3.63) is 36.9 Å². The fraction of sp³-hybridized carbons (Fsp3) is 0.308. The highest BCUT2D eigenvalue weighted by molar-refractivity contribution is 7.98. The summed E-state index contributed by atoms with van der Waals surface area (Å²) in [6.45, 7) is 3.23. The van der Waals surface area contributed by atoms with Gasteiger partial charge in [-0.05, 0) is 30.5 Å². The number of thioether (sulfide) groups is 1. The lowest BCUT2D eigenvalue weighted by Gasteiger charge is -2.12. The third-order valence-corrected chi connectivity index (χ3v) is 2.83. The normalized spacial score (nSPS) is 11.7. The largest absolute Gasteiger partial charge is 0.491 e. The van der Waals surface area contributed by atoms with Crippen LogP contribution in [0.25, 0.3) is 0 Å². The molecule has 1 rings (SSSR count). The number of hydrogen-bond acceptors (Lipinski definition) is 5. The third-order valence-electron chi connectivity index (χ3n) is 2.09. The van der Waals surface area contributed by atoms with Crippen molar-refractivity contribution < 1.29 is 19.4 Å². The van der Waals surface area contributed by atoms with Gasteiger partial charge in [-0.3, -0.25) is 0 Å². The Morgan fingerprint density at radius 3 is 2.67 bits per heavy atom. The summed E-state index contributed by atoms with van der Waals surface area (Å²) in [7, 11) is 0. The number of aliphatic hydroxyl groups is 1. The Hall–Kier alpha value is -1.46. The summed E-state index contributed by atoms with van der Waals surface area (Å²) in [5, 5.41) is 9.52. The van der Waals surface area contributed by atoms with E-state index in [0.29, 0.717) is 5.75 Å². The first-order valence-corrected chi connectivity index (χ1v) is 6.62. The molecule has 4 nitrogen and oxygen atoms in total. The van der Waals surface area contributed by atoms with E-state index in [4.69, 9.17) is 4.74 Å². The van der Waals surface area contributed by atoms with E-state index in [1.165, 1.54) is 0 Å². The van der Waals surface area contributed by atoms with E-state index in [-0.39, 0.29) is 13.2 Å². The second-order valence-corrected chi connectivity index (χ2v) is 4.35. The Kier molecular flexibility index (Phi) is 6.32. The maximum atomic E-state index is 10.8. The molecular formula is C13H16O4S. The molecule has 0 radical (unpaired) electrons. The molecule has 98 valence electrons. The van der Waals surface area contributed by atoms with Crippen LogP contribution in [0.1, 0.15) is 0 Å². The minimum absolute atomic E-state index is 0.0725. The SMILES string of the molecule is C=CC(=O)OCC(O)COc1ccc(SC)cc1. The molecule has 0 aromatic heterocycles. The van der Waals surface area contributed by atoms with Crippen LogP contribution >= 0.6 is 11.8 Å². The van der Waals surface area contributed by atoms with Crippen molar-refractivity contribution in [3.8, 4) is 5.75 Å². The second-order valence-electron chi connectivity index (χ2n) is 3.47. The van der Waals surface area contributed by atoms with Gasteiger partial charge in [-0.25, -0.2) is 4.79 Å².